The number of anilines is 2. The van der Waals surface area contributed by atoms with E-state index in [1.807, 2.05) is 0 Å². The Bertz CT molecular complexity index is 1480. The minimum absolute atomic E-state index is 0.178. The molecule has 188 valence electrons. The Morgan fingerprint density at radius 2 is 1.29 bits per heavy atom. The summed E-state index contributed by atoms with van der Waals surface area (Å²) in [5.41, 5.74) is 1.71. The molecule has 0 radical (unpaired) electrons. The van der Waals surface area contributed by atoms with Gasteiger partial charge in [0.15, 0.2) is 0 Å². The first-order valence-corrected chi connectivity index (χ1v) is 12.0. The van der Waals surface area contributed by atoms with Gasteiger partial charge in [-0.1, -0.05) is 66.2 Å². The largest absolute Gasteiger partial charge is 0.487 e. The number of halogens is 2. The van der Waals surface area contributed by atoms with Crippen molar-refractivity contribution in [1.29, 1.82) is 0 Å². The van der Waals surface area contributed by atoms with Gasteiger partial charge in [-0.3, -0.25) is 9.59 Å². The molecule has 0 saturated carbocycles. The molecule has 0 unspecified atom stereocenters. The van der Waals surface area contributed by atoms with Crippen LogP contribution in [0.2, 0.25) is 5.02 Å². The predicted molar refractivity (Wildman–Crippen MR) is 143 cm³/mol. The summed E-state index contributed by atoms with van der Waals surface area (Å²) in [6, 6.07) is 26.8. The highest BCUT2D eigenvalue weighted by Gasteiger charge is 2.43. The average Bonchev–Trinajstić information content (AvgIpc) is 2.93. The van der Waals surface area contributed by atoms with E-state index >= 15 is 0 Å². The van der Waals surface area contributed by atoms with Gasteiger partial charge in [-0.05, 0) is 65.7 Å². The van der Waals surface area contributed by atoms with Crippen LogP contribution in [-0.4, -0.2) is 17.8 Å². The van der Waals surface area contributed by atoms with Crippen molar-refractivity contribution in [2.24, 2.45) is 0 Å². The topological polar surface area (TPSA) is 66.9 Å². The molecule has 1 aliphatic heterocycles. The first-order valence-electron chi connectivity index (χ1n) is 11.6. The molecule has 38 heavy (non-hydrogen) atoms. The summed E-state index contributed by atoms with van der Waals surface area (Å²) in [6.45, 7) is 0.178. The van der Waals surface area contributed by atoms with Crippen LogP contribution in [0.3, 0.4) is 0 Å². The molecule has 4 aromatic carbocycles. The van der Waals surface area contributed by atoms with Crippen molar-refractivity contribution in [2.75, 3.05) is 9.80 Å². The van der Waals surface area contributed by atoms with E-state index in [1.165, 1.54) is 18.2 Å². The molecular formula is C30H20ClFN2O4. The first kappa shape index (κ1) is 24.9. The van der Waals surface area contributed by atoms with Gasteiger partial charge in [0.05, 0.1) is 16.4 Å². The first-order chi connectivity index (χ1) is 18.4. The number of nitrogens with zero attached hydrogens (tertiary/aromatic N) is 2. The third-order valence-corrected chi connectivity index (χ3v) is 6.15. The summed E-state index contributed by atoms with van der Waals surface area (Å²) in [7, 11) is 0. The van der Waals surface area contributed by atoms with E-state index in [0.717, 1.165) is 15.4 Å². The number of benzene rings is 4. The summed E-state index contributed by atoms with van der Waals surface area (Å²) < 4.78 is 18.9. The number of rotatable bonds is 6. The lowest BCUT2D eigenvalue weighted by atomic mass is 10.0. The second-order valence-electron chi connectivity index (χ2n) is 8.40. The van der Waals surface area contributed by atoms with Gasteiger partial charge < -0.3 is 4.74 Å². The maximum atomic E-state index is 13.5. The van der Waals surface area contributed by atoms with E-state index in [2.05, 4.69) is 0 Å². The predicted octanol–water partition coefficient (Wildman–Crippen LogP) is 6.64. The molecule has 0 aromatic heterocycles. The van der Waals surface area contributed by atoms with Crippen LogP contribution in [0.15, 0.2) is 109 Å². The number of imide groups is 2. The van der Waals surface area contributed by atoms with Crippen LogP contribution in [-0.2, 0) is 16.2 Å². The van der Waals surface area contributed by atoms with Crippen molar-refractivity contribution in [3.63, 3.8) is 0 Å². The van der Waals surface area contributed by atoms with Crippen molar-refractivity contribution >= 4 is 46.9 Å². The Kier molecular flexibility index (Phi) is 7.02. The number of barbiturate groups is 1. The number of hydrogen-bond donors (Lipinski definition) is 0. The number of carbonyl (C=O) groups excluding carboxylic acids is 3. The van der Waals surface area contributed by atoms with Gasteiger partial charge in [0, 0.05) is 0 Å². The minimum atomic E-state index is -0.767. The van der Waals surface area contributed by atoms with E-state index in [9.17, 15) is 18.8 Å². The summed E-state index contributed by atoms with van der Waals surface area (Å²) in [4.78, 5) is 42.3. The Morgan fingerprint density at radius 1 is 0.737 bits per heavy atom. The monoisotopic (exact) mass is 526 g/mol. The molecule has 8 heteroatoms. The maximum Gasteiger partial charge on any atom is 0.343 e. The Balaban J connectivity index is 1.47. The van der Waals surface area contributed by atoms with Crippen LogP contribution in [0.1, 0.15) is 11.1 Å². The lowest BCUT2D eigenvalue weighted by Crippen LogP contribution is -2.57. The van der Waals surface area contributed by atoms with Crippen molar-refractivity contribution in [3.8, 4) is 5.75 Å². The molecule has 0 spiro atoms. The van der Waals surface area contributed by atoms with Gasteiger partial charge in [0.25, 0.3) is 11.8 Å². The normalized spacial score (nSPS) is 13.6. The van der Waals surface area contributed by atoms with Gasteiger partial charge in [-0.15, -0.1) is 0 Å². The standard InChI is InChI=1S/C30H20ClFN2O4/c31-26-18-21(13-16-27(26)38-19-20-11-14-22(32)15-12-20)17-25-28(35)33(23-7-3-1-4-8-23)30(37)34(29(25)36)24-9-5-2-6-10-24/h1-18H,19H2. The second-order valence-corrected chi connectivity index (χ2v) is 8.81. The molecule has 4 amide bonds. The number of ether oxygens (including phenoxy) is 1. The number of para-hydroxylation sites is 2. The zero-order chi connectivity index (χ0) is 26.6. The Labute approximate surface area is 223 Å². The van der Waals surface area contributed by atoms with Gasteiger partial charge in [-0.2, -0.15) is 0 Å². The zero-order valence-corrected chi connectivity index (χ0v) is 20.6. The molecule has 0 bridgehead atoms. The number of amides is 4. The van der Waals surface area contributed by atoms with Crippen LogP contribution in [0.5, 0.6) is 5.75 Å². The quantitative estimate of drug-likeness (QED) is 0.209. The highest BCUT2D eigenvalue weighted by Crippen LogP contribution is 2.31. The molecule has 1 fully saturated rings. The van der Waals surface area contributed by atoms with Crippen molar-refractivity contribution in [2.45, 2.75) is 6.61 Å². The fourth-order valence-electron chi connectivity index (χ4n) is 3.97. The molecule has 6 nitrogen and oxygen atoms in total. The molecule has 4 aromatic rings. The number of hydrogen-bond acceptors (Lipinski definition) is 4. The van der Waals surface area contributed by atoms with Crippen molar-refractivity contribution in [1.82, 2.24) is 0 Å². The van der Waals surface area contributed by atoms with E-state index in [4.69, 9.17) is 16.3 Å². The highest BCUT2D eigenvalue weighted by atomic mass is 35.5. The van der Waals surface area contributed by atoms with Gasteiger partial charge in [-0.25, -0.2) is 19.0 Å². The lowest BCUT2D eigenvalue weighted by Gasteiger charge is -2.33. The van der Waals surface area contributed by atoms with E-state index in [0.29, 0.717) is 22.7 Å². The summed E-state index contributed by atoms with van der Waals surface area (Å²) in [6.07, 6.45) is 1.40. The molecule has 1 aliphatic rings. The van der Waals surface area contributed by atoms with Crippen LogP contribution in [0.25, 0.3) is 6.08 Å². The lowest BCUT2D eigenvalue weighted by molar-refractivity contribution is -0.121. The molecule has 0 aliphatic carbocycles. The molecule has 1 saturated heterocycles. The molecule has 0 atom stereocenters. The van der Waals surface area contributed by atoms with Crippen LogP contribution in [0.4, 0.5) is 20.6 Å². The third kappa shape index (κ3) is 5.05. The van der Waals surface area contributed by atoms with E-state index < -0.39 is 17.8 Å². The fraction of sp³-hybridized carbons (Fsp3) is 0.0333. The van der Waals surface area contributed by atoms with Gasteiger partial charge in [0.2, 0.25) is 0 Å². The highest BCUT2D eigenvalue weighted by molar-refractivity contribution is 6.46. The maximum absolute atomic E-state index is 13.5. The second kappa shape index (κ2) is 10.7. The third-order valence-electron chi connectivity index (χ3n) is 5.85. The van der Waals surface area contributed by atoms with Crippen LogP contribution >= 0.6 is 11.6 Å². The van der Waals surface area contributed by atoms with Crippen molar-refractivity contribution < 1.29 is 23.5 Å². The average molecular weight is 527 g/mol. The summed E-state index contributed by atoms with van der Waals surface area (Å²) in [5.74, 6) is -1.45. The minimum Gasteiger partial charge on any atom is -0.487 e. The molecule has 0 N–H and O–H groups in total. The van der Waals surface area contributed by atoms with Gasteiger partial charge >= 0.3 is 6.03 Å². The SMILES string of the molecule is O=C1C(=Cc2ccc(OCc3ccc(F)cc3)c(Cl)c2)C(=O)N(c2ccccc2)C(=O)N1c1ccccc1. The van der Waals surface area contributed by atoms with E-state index in [1.54, 1.807) is 91.0 Å². The van der Waals surface area contributed by atoms with E-state index in [-0.39, 0.29) is 23.0 Å². The Hall–Kier alpha value is -4.75. The van der Waals surface area contributed by atoms with Gasteiger partial charge in [0.1, 0.15) is 23.7 Å². The number of carbonyl (C=O) groups is 3. The number of urea groups is 1. The van der Waals surface area contributed by atoms with Crippen LogP contribution in [0, 0.1) is 5.82 Å². The molecular weight excluding hydrogens is 507 g/mol. The van der Waals surface area contributed by atoms with Crippen LogP contribution < -0.4 is 14.5 Å². The smallest absolute Gasteiger partial charge is 0.343 e. The summed E-state index contributed by atoms with van der Waals surface area (Å²) in [5, 5.41) is 0.257. The summed E-state index contributed by atoms with van der Waals surface area (Å²) >= 11 is 6.42. The van der Waals surface area contributed by atoms with Crippen molar-refractivity contribution in [3.05, 3.63) is 131 Å². The zero-order valence-electron chi connectivity index (χ0n) is 19.9. The molecule has 1 heterocycles. The molecule has 5 rings (SSSR count). The Morgan fingerprint density at radius 3 is 1.82 bits per heavy atom. The fourth-order valence-corrected chi connectivity index (χ4v) is 4.21.